The third-order valence-electron chi connectivity index (χ3n) is 4.44. The van der Waals surface area contributed by atoms with Crippen molar-refractivity contribution in [2.75, 3.05) is 0 Å². The van der Waals surface area contributed by atoms with Crippen molar-refractivity contribution in [3.8, 4) is 0 Å². The van der Waals surface area contributed by atoms with Gasteiger partial charge in [0.15, 0.2) is 0 Å². The fraction of sp³-hybridized carbons (Fsp3) is 0.333. The minimum atomic E-state index is -1.17. The van der Waals surface area contributed by atoms with Crippen LogP contribution in [0.1, 0.15) is 30.1 Å². The lowest BCUT2D eigenvalue weighted by Gasteiger charge is -2.38. The van der Waals surface area contributed by atoms with E-state index in [2.05, 4.69) is 4.98 Å². The number of hydrogen-bond donors (Lipinski definition) is 1. The highest BCUT2D eigenvalue weighted by atomic mass is 16.4. The van der Waals surface area contributed by atoms with Gasteiger partial charge in [-0.2, -0.15) is 0 Å². The first-order valence-corrected chi connectivity index (χ1v) is 6.78. The second kappa shape index (κ2) is 3.85. The van der Waals surface area contributed by atoms with Crippen molar-refractivity contribution in [1.82, 2.24) is 9.88 Å². The van der Waals surface area contributed by atoms with Crippen LogP contribution in [0, 0.1) is 0 Å². The molecule has 2 aliphatic heterocycles. The second-order valence-corrected chi connectivity index (χ2v) is 5.46. The number of benzene rings is 1. The lowest BCUT2D eigenvalue weighted by Crippen LogP contribution is -2.52. The number of carboxylic acid groups (broad SMARTS) is 1. The van der Waals surface area contributed by atoms with Crippen LogP contribution in [0.4, 0.5) is 0 Å². The number of carbonyl (C=O) groups is 2. The number of aromatic nitrogens is 1. The molecule has 0 radical (unpaired) electrons. The van der Waals surface area contributed by atoms with Gasteiger partial charge in [-0.3, -0.25) is 4.79 Å². The molecule has 3 heterocycles. The third kappa shape index (κ3) is 1.37. The van der Waals surface area contributed by atoms with Gasteiger partial charge in [0, 0.05) is 29.4 Å². The van der Waals surface area contributed by atoms with Crippen molar-refractivity contribution >= 4 is 22.8 Å². The quantitative estimate of drug-likeness (QED) is 0.819. The summed E-state index contributed by atoms with van der Waals surface area (Å²) in [4.78, 5) is 28.2. The number of fused-ring (bicyclic) bond motifs is 5. The summed E-state index contributed by atoms with van der Waals surface area (Å²) in [5.74, 6) is -1.25. The first kappa shape index (κ1) is 11.5. The van der Waals surface area contributed by atoms with E-state index in [0.717, 1.165) is 22.2 Å². The Morgan fingerprint density at radius 1 is 1.35 bits per heavy atom. The lowest BCUT2D eigenvalue weighted by molar-refractivity contribution is -0.312. The molecule has 5 nitrogen and oxygen atoms in total. The molecule has 102 valence electrons. The standard InChI is InChI=1S/C15H14N2O3/c18-13-6-5-11-14-9(7-12(15(19)20)17(11)13)8-3-1-2-4-10(8)16-14/h1-4,11-12,16H,5-7H2,(H,19,20)/p-1/t11-,12+/m0/s1. The minimum absolute atomic E-state index is 0.0893. The summed E-state index contributed by atoms with van der Waals surface area (Å²) in [6.45, 7) is 0. The van der Waals surface area contributed by atoms with Crippen molar-refractivity contribution in [1.29, 1.82) is 0 Å². The van der Waals surface area contributed by atoms with E-state index >= 15 is 0 Å². The van der Waals surface area contributed by atoms with Gasteiger partial charge in [-0.1, -0.05) is 18.2 Å². The van der Waals surface area contributed by atoms with E-state index in [9.17, 15) is 14.7 Å². The molecule has 2 aromatic rings. The Labute approximate surface area is 115 Å². The Morgan fingerprint density at radius 2 is 2.15 bits per heavy atom. The van der Waals surface area contributed by atoms with Crippen LogP contribution in [0.2, 0.25) is 0 Å². The van der Waals surface area contributed by atoms with Gasteiger partial charge in [0.1, 0.15) is 0 Å². The first-order chi connectivity index (χ1) is 9.66. The van der Waals surface area contributed by atoms with Crippen LogP contribution in [0.3, 0.4) is 0 Å². The molecule has 0 bridgehead atoms. The summed E-state index contributed by atoms with van der Waals surface area (Å²) >= 11 is 0. The molecular formula is C15H13N2O3-. The molecule has 1 saturated heterocycles. The Balaban J connectivity index is 1.94. The molecule has 0 aliphatic carbocycles. The number of carbonyl (C=O) groups excluding carboxylic acids is 2. The first-order valence-electron chi connectivity index (χ1n) is 6.78. The van der Waals surface area contributed by atoms with Crippen LogP contribution >= 0.6 is 0 Å². The van der Waals surface area contributed by atoms with Crippen LogP contribution in [0.25, 0.3) is 10.9 Å². The van der Waals surface area contributed by atoms with Gasteiger partial charge in [0.25, 0.3) is 0 Å². The number of nitrogens with zero attached hydrogens (tertiary/aromatic N) is 1. The Hall–Kier alpha value is -2.30. The summed E-state index contributed by atoms with van der Waals surface area (Å²) in [6, 6.07) is 6.85. The minimum Gasteiger partial charge on any atom is -0.548 e. The summed E-state index contributed by atoms with van der Waals surface area (Å²) in [6.07, 6.45) is 1.40. The Kier molecular flexibility index (Phi) is 2.22. The van der Waals surface area contributed by atoms with Crippen molar-refractivity contribution in [3.63, 3.8) is 0 Å². The molecule has 1 N–H and O–H groups in total. The van der Waals surface area contributed by atoms with E-state index in [1.165, 1.54) is 4.90 Å². The smallest absolute Gasteiger partial charge is 0.223 e. The number of H-pyrrole nitrogens is 1. The van der Waals surface area contributed by atoms with E-state index < -0.39 is 12.0 Å². The van der Waals surface area contributed by atoms with Crippen molar-refractivity contribution in [3.05, 3.63) is 35.5 Å². The number of nitrogens with one attached hydrogen (secondary N) is 1. The molecule has 2 atom stereocenters. The maximum atomic E-state index is 12.0. The predicted molar refractivity (Wildman–Crippen MR) is 69.6 cm³/mol. The Bertz CT molecular complexity index is 734. The molecule has 1 aromatic heterocycles. The van der Waals surface area contributed by atoms with Gasteiger partial charge in [0.2, 0.25) is 5.91 Å². The van der Waals surface area contributed by atoms with Crippen molar-refractivity contribution in [2.24, 2.45) is 0 Å². The molecule has 0 unspecified atom stereocenters. The summed E-state index contributed by atoms with van der Waals surface area (Å²) in [5, 5.41) is 12.4. The Morgan fingerprint density at radius 3 is 2.95 bits per heavy atom. The molecule has 0 saturated carbocycles. The fourth-order valence-corrected chi connectivity index (χ4v) is 3.59. The molecule has 4 rings (SSSR count). The molecule has 1 amide bonds. The van der Waals surface area contributed by atoms with E-state index in [-0.39, 0.29) is 11.9 Å². The SMILES string of the molecule is O=C([O-])[C@H]1Cc2c([nH]c3ccccc23)[C@@H]2CCC(=O)N12. The van der Waals surface area contributed by atoms with Crippen LogP contribution < -0.4 is 5.11 Å². The van der Waals surface area contributed by atoms with Crippen LogP contribution in [0.5, 0.6) is 0 Å². The number of carboxylic acids is 1. The highest BCUT2D eigenvalue weighted by molar-refractivity contribution is 5.90. The van der Waals surface area contributed by atoms with Crippen LogP contribution in [-0.2, 0) is 16.0 Å². The zero-order chi connectivity index (χ0) is 13.9. The fourth-order valence-electron chi connectivity index (χ4n) is 3.59. The normalized spacial score (nSPS) is 24.8. The third-order valence-corrected chi connectivity index (χ3v) is 4.44. The van der Waals surface area contributed by atoms with Gasteiger partial charge in [0.05, 0.1) is 18.1 Å². The number of rotatable bonds is 1. The molecule has 0 spiro atoms. The maximum absolute atomic E-state index is 12.0. The molecule has 1 fully saturated rings. The predicted octanol–water partition coefficient (Wildman–Crippen LogP) is 0.506. The van der Waals surface area contributed by atoms with Gasteiger partial charge < -0.3 is 19.8 Å². The number of para-hydroxylation sites is 1. The highest BCUT2D eigenvalue weighted by Crippen LogP contribution is 2.42. The number of amides is 1. The second-order valence-electron chi connectivity index (χ2n) is 5.46. The van der Waals surface area contributed by atoms with Gasteiger partial charge >= 0.3 is 0 Å². The van der Waals surface area contributed by atoms with Gasteiger partial charge in [-0.05, 0) is 18.1 Å². The largest absolute Gasteiger partial charge is 0.548 e. The van der Waals surface area contributed by atoms with Crippen LogP contribution in [-0.4, -0.2) is 27.8 Å². The molecule has 5 heteroatoms. The number of aromatic amines is 1. The van der Waals surface area contributed by atoms with Gasteiger partial charge in [-0.15, -0.1) is 0 Å². The number of aliphatic carboxylic acids is 1. The van der Waals surface area contributed by atoms with E-state index in [4.69, 9.17) is 0 Å². The van der Waals surface area contributed by atoms with E-state index in [1.807, 2.05) is 24.3 Å². The average molecular weight is 269 g/mol. The molecule has 1 aromatic carbocycles. The zero-order valence-electron chi connectivity index (χ0n) is 10.8. The average Bonchev–Trinajstić information content (AvgIpc) is 2.99. The van der Waals surface area contributed by atoms with Crippen LogP contribution in [0.15, 0.2) is 24.3 Å². The lowest BCUT2D eigenvalue weighted by atomic mass is 9.92. The van der Waals surface area contributed by atoms with Gasteiger partial charge in [-0.25, -0.2) is 0 Å². The van der Waals surface area contributed by atoms with Crippen molar-refractivity contribution in [2.45, 2.75) is 31.3 Å². The topological polar surface area (TPSA) is 76.2 Å². The number of hydrogen-bond acceptors (Lipinski definition) is 3. The summed E-state index contributed by atoms with van der Waals surface area (Å²) in [5.41, 5.74) is 3.01. The monoisotopic (exact) mass is 269 g/mol. The molecule has 20 heavy (non-hydrogen) atoms. The van der Waals surface area contributed by atoms with E-state index in [1.54, 1.807) is 0 Å². The molecule has 2 aliphatic rings. The summed E-state index contributed by atoms with van der Waals surface area (Å²) in [7, 11) is 0. The summed E-state index contributed by atoms with van der Waals surface area (Å²) < 4.78 is 0. The maximum Gasteiger partial charge on any atom is 0.223 e. The van der Waals surface area contributed by atoms with Crippen molar-refractivity contribution < 1.29 is 14.7 Å². The van der Waals surface area contributed by atoms with E-state index in [0.29, 0.717) is 19.3 Å². The highest BCUT2D eigenvalue weighted by Gasteiger charge is 2.43. The zero-order valence-corrected chi connectivity index (χ0v) is 10.8. The molecular weight excluding hydrogens is 256 g/mol.